The number of carbonyl (C=O) groups is 1. The number of nitrogens with one attached hydrogen (secondary N) is 3. The largest absolute Gasteiger partial charge is 0.349 e. The van der Waals surface area contributed by atoms with Crippen LogP contribution >= 0.6 is 0 Å². The van der Waals surface area contributed by atoms with Gasteiger partial charge in [0.1, 0.15) is 5.82 Å². The fourth-order valence-corrected chi connectivity index (χ4v) is 2.98. The molecule has 0 fully saturated rings. The molecule has 8 heteroatoms. The summed E-state index contributed by atoms with van der Waals surface area (Å²) in [7, 11) is 0. The lowest BCUT2D eigenvalue weighted by molar-refractivity contribution is -0.121. The quantitative estimate of drug-likeness (QED) is 0.496. The number of para-hydroxylation sites is 2. The number of benzene rings is 2. The third-order valence-corrected chi connectivity index (χ3v) is 4.34. The summed E-state index contributed by atoms with van der Waals surface area (Å²) in [4.78, 5) is 44.1. The van der Waals surface area contributed by atoms with Crippen LogP contribution in [0.15, 0.2) is 58.1 Å². The molecule has 0 spiro atoms. The number of aryl methyl sites for hydroxylation is 1. The van der Waals surface area contributed by atoms with Crippen molar-refractivity contribution in [3.8, 4) is 0 Å². The van der Waals surface area contributed by atoms with Crippen LogP contribution in [-0.2, 0) is 17.9 Å². The van der Waals surface area contributed by atoms with Crippen molar-refractivity contribution in [3.63, 3.8) is 0 Å². The van der Waals surface area contributed by atoms with Crippen molar-refractivity contribution < 1.29 is 4.79 Å². The monoisotopic (exact) mass is 363 g/mol. The van der Waals surface area contributed by atoms with E-state index in [0.717, 1.165) is 11.0 Å². The molecule has 27 heavy (non-hydrogen) atoms. The van der Waals surface area contributed by atoms with E-state index >= 15 is 0 Å². The lowest BCUT2D eigenvalue weighted by atomic mass is 10.2. The number of hydrogen-bond acceptors (Lipinski definition) is 4. The fourth-order valence-electron chi connectivity index (χ4n) is 2.98. The number of aromatic amines is 2. The highest BCUT2D eigenvalue weighted by atomic mass is 16.2. The van der Waals surface area contributed by atoms with Crippen molar-refractivity contribution in [2.45, 2.75) is 19.5 Å². The SMILES string of the molecule is O=C(CCn1[nH]c(=O)c2ccccc2c1=O)NCc1nc2ccccc2[nH]1. The Morgan fingerprint density at radius 2 is 1.78 bits per heavy atom. The average Bonchev–Trinajstić information content (AvgIpc) is 3.11. The zero-order valence-electron chi connectivity index (χ0n) is 14.4. The standard InChI is InChI=1S/C19H17N5O3/c25-17(20-11-16-21-14-7-3-4-8-15(14)22-16)9-10-24-19(27)13-6-2-1-5-12(13)18(26)23-24/h1-8H,9-11H2,(H,20,25)(H,21,22)(H,23,26). The Kier molecular flexibility index (Phi) is 4.29. The summed E-state index contributed by atoms with van der Waals surface area (Å²) in [6, 6.07) is 14.2. The van der Waals surface area contributed by atoms with E-state index < -0.39 is 0 Å². The minimum Gasteiger partial charge on any atom is -0.349 e. The van der Waals surface area contributed by atoms with E-state index in [-0.39, 0.29) is 36.5 Å². The van der Waals surface area contributed by atoms with Gasteiger partial charge < -0.3 is 10.3 Å². The number of amides is 1. The number of H-pyrrole nitrogens is 2. The lowest BCUT2D eigenvalue weighted by Crippen LogP contribution is -2.32. The number of hydrogen-bond donors (Lipinski definition) is 3. The predicted molar refractivity (Wildman–Crippen MR) is 101 cm³/mol. The summed E-state index contributed by atoms with van der Waals surface area (Å²) in [5.41, 5.74) is 1.06. The Balaban J connectivity index is 1.42. The van der Waals surface area contributed by atoms with Gasteiger partial charge in [-0.25, -0.2) is 9.67 Å². The van der Waals surface area contributed by atoms with Gasteiger partial charge in [-0.3, -0.25) is 19.5 Å². The lowest BCUT2D eigenvalue weighted by Gasteiger charge is -2.07. The molecule has 0 saturated carbocycles. The van der Waals surface area contributed by atoms with Gasteiger partial charge in [0.2, 0.25) is 5.91 Å². The minimum atomic E-state index is -0.354. The van der Waals surface area contributed by atoms with Gasteiger partial charge in [-0.15, -0.1) is 0 Å². The van der Waals surface area contributed by atoms with Crippen LogP contribution < -0.4 is 16.4 Å². The van der Waals surface area contributed by atoms with E-state index in [1.807, 2.05) is 24.3 Å². The molecule has 0 radical (unpaired) electrons. The molecule has 0 atom stereocenters. The molecule has 4 rings (SSSR count). The first-order valence-corrected chi connectivity index (χ1v) is 8.54. The first kappa shape index (κ1) is 16.8. The molecule has 3 N–H and O–H groups in total. The summed E-state index contributed by atoms with van der Waals surface area (Å²) in [6.45, 7) is 0.349. The highest BCUT2D eigenvalue weighted by Gasteiger charge is 2.09. The zero-order chi connectivity index (χ0) is 18.8. The molecule has 4 aromatic rings. The Morgan fingerprint density at radius 3 is 2.59 bits per heavy atom. The summed E-state index contributed by atoms with van der Waals surface area (Å²) >= 11 is 0. The van der Waals surface area contributed by atoms with Gasteiger partial charge in [0.05, 0.1) is 34.9 Å². The maximum absolute atomic E-state index is 12.4. The zero-order valence-corrected chi connectivity index (χ0v) is 14.4. The Morgan fingerprint density at radius 1 is 1.04 bits per heavy atom. The number of carbonyl (C=O) groups excluding carboxylic acids is 1. The third-order valence-electron chi connectivity index (χ3n) is 4.34. The van der Waals surface area contributed by atoms with Crippen molar-refractivity contribution in [2.75, 3.05) is 0 Å². The normalized spacial score (nSPS) is 11.1. The molecule has 2 aromatic heterocycles. The number of imidazole rings is 1. The van der Waals surface area contributed by atoms with Crippen LogP contribution in [-0.4, -0.2) is 25.7 Å². The van der Waals surface area contributed by atoms with Gasteiger partial charge in [0, 0.05) is 6.42 Å². The Hall–Kier alpha value is -3.68. The van der Waals surface area contributed by atoms with E-state index in [1.165, 1.54) is 4.68 Å². The summed E-state index contributed by atoms with van der Waals surface area (Å²) < 4.78 is 1.17. The number of rotatable bonds is 5. The second-order valence-electron chi connectivity index (χ2n) is 6.17. The summed E-state index contributed by atoms with van der Waals surface area (Å²) in [6.07, 6.45) is 0.0639. The van der Waals surface area contributed by atoms with Crippen LogP contribution in [0, 0.1) is 0 Å². The molecule has 2 aromatic carbocycles. The van der Waals surface area contributed by atoms with Gasteiger partial charge in [0.15, 0.2) is 0 Å². The molecule has 8 nitrogen and oxygen atoms in total. The van der Waals surface area contributed by atoms with E-state index in [1.54, 1.807) is 24.3 Å². The van der Waals surface area contributed by atoms with E-state index in [0.29, 0.717) is 16.6 Å². The summed E-state index contributed by atoms with van der Waals surface area (Å²) in [5, 5.41) is 5.95. The van der Waals surface area contributed by atoms with E-state index in [4.69, 9.17) is 0 Å². The van der Waals surface area contributed by atoms with Crippen molar-refractivity contribution in [3.05, 3.63) is 75.1 Å². The molecule has 0 aliphatic heterocycles. The molecule has 1 amide bonds. The van der Waals surface area contributed by atoms with Gasteiger partial charge >= 0.3 is 0 Å². The molecular formula is C19H17N5O3. The van der Waals surface area contributed by atoms with E-state index in [9.17, 15) is 14.4 Å². The van der Waals surface area contributed by atoms with Crippen LogP contribution in [0.3, 0.4) is 0 Å². The molecule has 0 unspecified atom stereocenters. The Bertz CT molecular complexity index is 1220. The topological polar surface area (TPSA) is 113 Å². The van der Waals surface area contributed by atoms with Gasteiger partial charge in [-0.1, -0.05) is 24.3 Å². The molecule has 136 valence electrons. The number of aromatic nitrogens is 4. The molecule has 0 bridgehead atoms. The predicted octanol–water partition coefficient (Wildman–Crippen LogP) is 1.27. The molecular weight excluding hydrogens is 346 g/mol. The van der Waals surface area contributed by atoms with Crippen LogP contribution in [0.5, 0.6) is 0 Å². The van der Waals surface area contributed by atoms with Crippen molar-refractivity contribution in [2.24, 2.45) is 0 Å². The van der Waals surface area contributed by atoms with E-state index in [2.05, 4.69) is 20.4 Å². The van der Waals surface area contributed by atoms with Gasteiger partial charge in [-0.05, 0) is 24.3 Å². The highest BCUT2D eigenvalue weighted by molar-refractivity contribution is 5.80. The van der Waals surface area contributed by atoms with Crippen molar-refractivity contribution >= 4 is 27.7 Å². The summed E-state index contributed by atoms with van der Waals surface area (Å²) in [5.74, 6) is 0.414. The third kappa shape index (κ3) is 3.37. The maximum Gasteiger partial charge on any atom is 0.273 e. The van der Waals surface area contributed by atoms with Crippen LogP contribution in [0.25, 0.3) is 21.8 Å². The van der Waals surface area contributed by atoms with Crippen LogP contribution in [0.1, 0.15) is 12.2 Å². The van der Waals surface area contributed by atoms with Gasteiger partial charge in [-0.2, -0.15) is 0 Å². The van der Waals surface area contributed by atoms with Crippen molar-refractivity contribution in [1.29, 1.82) is 0 Å². The molecule has 2 heterocycles. The number of fused-ring (bicyclic) bond motifs is 2. The first-order chi connectivity index (χ1) is 13.1. The minimum absolute atomic E-state index is 0.0639. The molecule has 0 aliphatic carbocycles. The fraction of sp³-hybridized carbons (Fsp3) is 0.158. The molecule has 0 aliphatic rings. The average molecular weight is 363 g/mol. The maximum atomic E-state index is 12.4. The first-order valence-electron chi connectivity index (χ1n) is 8.54. The van der Waals surface area contributed by atoms with Crippen molar-refractivity contribution in [1.82, 2.24) is 25.1 Å². The van der Waals surface area contributed by atoms with Gasteiger partial charge in [0.25, 0.3) is 11.1 Å². The second kappa shape index (κ2) is 6.91. The van der Waals surface area contributed by atoms with Crippen LogP contribution in [0.4, 0.5) is 0 Å². The highest BCUT2D eigenvalue weighted by Crippen LogP contribution is 2.10. The number of nitrogens with zero attached hydrogens (tertiary/aromatic N) is 2. The Labute approximate surface area is 152 Å². The second-order valence-corrected chi connectivity index (χ2v) is 6.17. The smallest absolute Gasteiger partial charge is 0.273 e. The molecule has 0 saturated heterocycles. The van der Waals surface area contributed by atoms with Crippen LogP contribution in [0.2, 0.25) is 0 Å².